The molecule has 0 saturated carbocycles. The van der Waals surface area contributed by atoms with E-state index in [9.17, 15) is 4.79 Å². The Kier molecular flexibility index (Phi) is 2.70. The van der Waals surface area contributed by atoms with E-state index in [0.717, 1.165) is 4.57 Å². The maximum atomic E-state index is 11.6. The molecule has 0 fully saturated rings. The van der Waals surface area contributed by atoms with Crippen molar-refractivity contribution in [2.75, 3.05) is 0 Å². The highest BCUT2D eigenvalue weighted by Crippen LogP contribution is 2.14. The summed E-state index contributed by atoms with van der Waals surface area (Å²) in [6, 6.07) is 9.98. The molecular weight excluding hydrogens is 240 g/mol. The van der Waals surface area contributed by atoms with E-state index in [1.54, 1.807) is 30.3 Å². The van der Waals surface area contributed by atoms with Crippen LogP contribution >= 0.6 is 11.6 Å². The van der Waals surface area contributed by atoms with Crippen LogP contribution in [0.15, 0.2) is 29.1 Å². The number of rotatable bonds is 1. The Labute approximate surface area is 101 Å². The summed E-state index contributed by atoms with van der Waals surface area (Å²) < 4.78 is 1.13. The maximum Gasteiger partial charge on any atom is 0.332 e. The largest absolute Gasteiger partial charge is 0.332 e. The summed E-state index contributed by atoms with van der Waals surface area (Å²) in [5.41, 5.74) is -0.110. The Bertz CT molecular complexity index is 697. The van der Waals surface area contributed by atoms with Crippen LogP contribution in [0.5, 0.6) is 0 Å². The van der Waals surface area contributed by atoms with Gasteiger partial charge in [-0.2, -0.15) is 10.5 Å². The monoisotopic (exact) mass is 244 g/mol. The lowest BCUT2D eigenvalue weighted by atomic mass is 10.3. The van der Waals surface area contributed by atoms with Gasteiger partial charge in [0.2, 0.25) is 0 Å². The van der Waals surface area contributed by atoms with Gasteiger partial charge >= 0.3 is 5.69 Å². The topological polar surface area (TPSA) is 85.4 Å². The average Bonchev–Trinajstić information content (AvgIpc) is 2.66. The van der Waals surface area contributed by atoms with Crippen molar-refractivity contribution in [2.45, 2.75) is 0 Å². The van der Waals surface area contributed by atoms with E-state index in [-0.39, 0.29) is 11.4 Å². The summed E-state index contributed by atoms with van der Waals surface area (Å²) in [6.07, 6.45) is 0. The fourth-order valence-electron chi connectivity index (χ4n) is 1.46. The highest BCUT2D eigenvalue weighted by Gasteiger charge is 2.14. The minimum atomic E-state index is -0.527. The first kappa shape index (κ1) is 11.0. The molecule has 82 valence electrons. The molecule has 0 aliphatic rings. The minimum Gasteiger partial charge on any atom is -0.296 e. The average molecular weight is 245 g/mol. The van der Waals surface area contributed by atoms with Crippen LogP contribution in [0.3, 0.4) is 0 Å². The Morgan fingerprint density at radius 2 is 1.82 bits per heavy atom. The molecule has 1 aromatic heterocycles. The molecule has 5 nitrogen and oxygen atoms in total. The Morgan fingerprint density at radius 3 is 2.35 bits per heavy atom. The molecule has 0 unspecified atom stereocenters. The molecule has 1 aromatic carbocycles. The van der Waals surface area contributed by atoms with E-state index in [4.69, 9.17) is 22.1 Å². The van der Waals surface area contributed by atoms with Gasteiger partial charge in [0.1, 0.15) is 12.1 Å². The molecule has 6 heteroatoms. The number of nitriles is 2. The SMILES string of the molecule is N#Cc1[nH]c(=O)n(-c2ccc(Cl)cc2)c1C#N. The summed E-state index contributed by atoms with van der Waals surface area (Å²) >= 11 is 5.73. The molecule has 0 bridgehead atoms. The molecular formula is C11H5ClN4O. The summed E-state index contributed by atoms with van der Waals surface area (Å²) in [4.78, 5) is 14.0. The van der Waals surface area contributed by atoms with Gasteiger partial charge in [-0.1, -0.05) is 11.6 Å². The van der Waals surface area contributed by atoms with E-state index in [1.807, 2.05) is 6.07 Å². The van der Waals surface area contributed by atoms with Gasteiger partial charge in [0.15, 0.2) is 11.4 Å². The Morgan fingerprint density at radius 1 is 1.18 bits per heavy atom. The number of hydrogen-bond acceptors (Lipinski definition) is 3. The predicted octanol–water partition coefficient (Wildman–Crippen LogP) is 1.56. The van der Waals surface area contributed by atoms with Crippen molar-refractivity contribution in [3.8, 4) is 17.8 Å². The van der Waals surface area contributed by atoms with Crippen molar-refractivity contribution in [3.63, 3.8) is 0 Å². The van der Waals surface area contributed by atoms with Gasteiger partial charge < -0.3 is 0 Å². The number of aromatic amines is 1. The molecule has 1 N–H and O–H groups in total. The number of imidazole rings is 1. The van der Waals surface area contributed by atoms with E-state index in [2.05, 4.69) is 4.98 Å². The summed E-state index contributed by atoms with van der Waals surface area (Å²) in [6.45, 7) is 0. The highest BCUT2D eigenvalue weighted by molar-refractivity contribution is 6.30. The second kappa shape index (κ2) is 4.17. The van der Waals surface area contributed by atoms with Crippen molar-refractivity contribution in [3.05, 3.63) is 51.2 Å². The second-order valence-corrected chi connectivity index (χ2v) is 3.63. The number of halogens is 1. The minimum absolute atomic E-state index is 0.0141. The van der Waals surface area contributed by atoms with Crippen molar-refractivity contribution >= 4 is 11.6 Å². The highest BCUT2D eigenvalue weighted by atomic mass is 35.5. The Hall–Kier alpha value is -2.50. The summed E-state index contributed by atoms with van der Waals surface area (Å²) in [7, 11) is 0. The van der Waals surface area contributed by atoms with Crippen LogP contribution in [0.2, 0.25) is 5.02 Å². The smallest absolute Gasteiger partial charge is 0.296 e. The fourth-order valence-corrected chi connectivity index (χ4v) is 1.58. The third kappa shape index (κ3) is 1.80. The van der Waals surface area contributed by atoms with Gasteiger partial charge in [0, 0.05) is 5.02 Å². The number of benzene rings is 1. The third-order valence-corrected chi connectivity index (χ3v) is 2.45. The van der Waals surface area contributed by atoms with Crippen LogP contribution in [0.1, 0.15) is 11.4 Å². The van der Waals surface area contributed by atoms with Crippen LogP contribution < -0.4 is 5.69 Å². The standard InChI is InChI=1S/C11H5ClN4O/c12-7-1-3-8(4-2-7)16-10(6-14)9(5-13)15-11(16)17/h1-4H,(H,15,17). The lowest BCUT2D eigenvalue weighted by Gasteiger charge is -2.01. The van der Waals surface area contributed by atoms with Crippen LogP contribution in [0.25, 0.3) is 5.69 Å². The zero-order valence-corrected chi connectivity index (χ0v) is 9.19. The lowest BCUT2D eigenvalue weighted by molar-refractivity contribution is 0.972. The van der Waals surface area contributed by atoms with Gasteiger partial charge in [-0.3, -0.25) is 9.55 Å². The molecule has 1 heterocycles. The first-order chi connectivity index (χ1) is 8.17. The number of H-pyrrole nitrogens is 1. The number of nitrogens with zero attached hydrogens (tertiary/aromatic N) is 3. The molecule has 17 heavy (non-hydrogen) atoms. The van der Waals surface area contributed by atoms with Crippen molar-refractivity contribution in [1.82, 2.24) is 9.55 Å². The zero-order valence-electron chi connectivity index (χ0n) is 8.44. The van der Waals surface area contributed by atoms with Crippen molar-refractivity contribution < 1.29 is 0 Å². The molecule has 0 aliphatic carbocycles. The van der Waals surface area contributed by atoms with E-state index in [1.165, 1.54) is 0 Å². The first-order valence-electron chi connectivity index (χ1n) is 4.58. The quantitative estimate of drug-likeness (QED) is 0.826. The van der Waals surface area contributed by atoms with Crippen molar-refractivity contribution in [2.24, 2.45) is 0 Å². The number of aromatic nitrogens is 2. The summed E-state index contributed by atoms with van der Waals surface area (Å²) in [5, 5.41) is 18.2. The molecule has 0 aliphatic heterocycles. The number of nitrogens with one attached hydrogen (secondary N) is 1. The van der Waals surface area contributed by atoms with Gasteiger partial charge in [0.25, 0.3) is 0 Å². The molecule has 2 rings (SSSR count). The first-order valence-corrected chi connectivity index (χ1v) is 4.96. The zero-order chi connectivity index (χ0) is 12.4. The molecule has 0 radical (unpaired) electrons. The van der Waals surface area contributed by atoms with Gasteiger partial charge in [-0.05, 0) is 24.3 Å². The van der Waals surface area contributed by atoms with E-state index < -0.39 is 5.69 Å². The molecule has 2 aromatic rings. The van der Waals surface area contributed by atoms with E-state index >= 15 is 0 Å². The van der Waals surface area contributed by atoms with Gasteiger partial charge in [0.05, 0.1) is 5.69 Å². The van der Waals surface area contributed by atoms with Crippen LogP contribution in [0, 0.1) is 22.7 Å². The normalized spacial score (nSPS) is 9.59. The second-order valence-electron chi connectivity index (χ2n) is 3.19. The van der Waals surface area contributed by atoms with Crippen LogP contribution in [-0.2, 0) is 0 Å². The van der Waals surface area contributed by atoms with Crippen molar-refractivity contribution in [1.29, 1.82) is 10.5 Å². The van der Waals surface area contributed by atoms with Gasteiger partial charge in [-0.25, -0.2) is 4.79 Å². The molecule has 0 saturated heterocycles. The van der Waals surface area contributed by atoms with Gasteiger partial charge in [-0.15, -0.1) is 0 Å². The molecule has 0 amide bonds. The fraction of sp³-hybridized carbons (Fsp3) is 0. The van der Waals surface area contributed by atoms with Crippen LogP contribution in [-0.4, -0.2) is 9.55 Å². The summed E-state index contributed by atoms with van der Waals surface area (Å²) in [5.74, 6) is 0. The maximum absolute atomic E-state index is 11.6. The number of hydrogen-bond donors (Lipinski definition) is 1. The predicted molar refractivity (Wildman–Crippen MR) is 60.8 cm³/mol. The third-order valence-electron chi connectivity index (χ3n) is 2.20. The van der Waals surface area contributed by atoms with E-state index in [0.29, 0.717) is 10.7 Å². The van der Waals surface area contributed by atoms with Crippen LogP contribution in [0.4, 0.5) is 0 Å². The molecule has 0 spiro atoms. The Balaban J connectivity index is 2.73. The molecule has 0 atom stereocenters. The lowest BCUT2D eigenvalue weighted by Crippen LogP contribution is -2.15.